The SMILES string of the molecule is Cc1ccc(OCc2nn3c(CSc4nnc(C)s4)nnc3s2)cc1. The molecule has 0 radical (unpaired) electrons. The lowest BCUT2D eigenvalue weighted by Crippen LogP contribution is -1.98. The van der Waals surface area contributed by atoms with Gasteiger partial charge in [0.25, 0.3) is 0 Å². The van der Waals surface area contributed by atoms with Gasteiger partial charge >= 0.3 is 0 Å². The number of thioether (sulfide) groups is 1. The minimum Gasteiger partial charge on any atom is -0.486 e. The Morgan fingerprint density at radius 2 is 1.88 bits per heavy atom. The second kappa shape index (κ2) is 7.06. The van der Waals surface area contributed by atoms with E-state index in [9.17, 15) is 0 Å². The van der Waals surface area contributed by atoms with Crippen LogP contribution in [0.1, 0.15) is 21.4 Å². The summed E-state index contributed by atoms with van der Waals surface area (Å²) in [6, 6.07) is 7.97. The molecule has 128 valence electrons. The van der Waals surface area contributed by atoms with Crippen LogP contribution in [0.15, 0.2) is 28.6 Å². The fourth-order valence-corrected chi connectivity index (χ4v) is 4.57. The molecule has 1 aromatic carbocycles. The summed E-state index contributed by atoms with van der Waals surface area (Å²) in [5.41, 5.74) is 1.21. The topological polar surface area (TPSA) is 78.1 Å². The molecule has 0 N–H and O–H groups in total. The second-order valence-corrected chi connectivity index (χ2v) is 8.73. The summed E-state index contributed by atoms with van der Waals surface area (Å²) in [6.07, 6.45) is 0. The van der Waals surface area contributed by atoms with Gasteiger partial charge in [0.1, 0.15) is 17.4 Å². The number of ether oxygens (including phenoxy) is 1. The normalized spacial score (nSPS) is 11.3. The van der Waals surface area contributed by atoms with E-state index in [4.69, 9.17) is 4.74 Å². The molecule has 4 rings (SSSR count). The molecule has 0 fully saturated rings. The van der Waals surface area contributed by atoms with Gasteiger partial charge in [-0.05, 0) is 26.0 Å². The first kappa shape index (κ1) is 16.4. The molecule has 0 aliphatic heterocycles. The summed E-state index contributed by atoms with van der Waals surface area (Å²) in [4.78, 5) is 0.770. The molecule has 0 saturated heterocycles. The highest BCUT2D eigenvalue weighted by molar-refractivity contribution is 8.00. The standard InChI is InChI=1S/C15H14N6OS3/c1-9-3-5-11(6-4-9)22-7-13-20-21-12(17-18-14(21)25-13)8-23-15-19-16-10(2)24-15/h3-6H,7-8H2,1-2H3. The van der Waals surface area contributed by atoms with Gasteiger partial charge in [-0.3, -0.25) is 0 Å². The van der Waals surface area contributed by atoms with E-state index in [1.54, 1.807) is 27.6 Å². The van der Waals surface area contributed by atoms with Gasteiger partial charge in [0, 0.05) is 0 Å². The van der Waals surface area contributed by atoms with Crippen molar-refractivity contribution in [3.8, 4) is 5.75 Å². The zero-order chi connectivity index (χ0) is 17.2. The molecule has 0 unspecified atom stereocenters. The quantitative estimate of drug-likeness (QED) is 0.466. The van der Waals surface area contributed by atoms with Gasteiger partial charge in [0.15, 0.2) is 15.2 Å². The third kappa shape index (κ3) is 3.80. The van der Waals surface area contributed by atoms with E-state index in [2.05, 4.69) is 32.4 Å². The highest BCUT2D eigenvalue weighted by Crippen LogP contribution is 2.26. The number of hydrogen-bond acceptors (Lipinski definition) is 9. The molecule has 3 heterocycles. The summed E-state index contributed by atoms with van der Waals surface area (Å²) >= 11 is 4.65. The van der Waals surface area contributed by atoms with Crippen molar-refractivity contribution < 1.29 is 4.74 Å². The number of nitrogens with zero attached hydrogens (tertiary/aromatic N) is 6. The predicted molar refractivity (Wildman–Crippen MR) is 98.4 cm³/mol. The highest BCUT2D eigenvalue weighted by Gasteiger charge is 2.13. The van der Waals surface area contributed by atoms with E-state index in [1.807, 2.05) is 31.2 Å². The maximum absolute atomic E-state index is 5.78. The molecule has 25 heavy (non-hydrogen) atoms. The first-order valence-electron chi connectivity index (χ1n) is 7.50. The van der Waals surface area contributed by atoms with Crippen LogP contribution < -0.4 is 4.74 Å². The van der Waals surface area contributed by atoms with Crippen molar-refractivity contribution in [3.63, 3.8) is 0 Å². The smallest absolute Gasteiger partial charge is 0.234 e. The fourth-order valence-electron chi connectivity index (χ4n) is 2.09. The molecule has 0 aliphatic carbocycles. The Morgan fingerprint density at radius 1 is 1.04 bits per heavy atom. The number of fused-ring (bicyclic) bond motifs is 1. The molecule has 0 atom stereocenters. The van der Waals surface area contributed by atoms with E-state index in [1.165, 1.54) is 16.9 Å². The molecule has 4 aromatic rings. The van der Waals surface area contributed by atoms with Crippen molar-refractivity contribution in [1.82, 2.24) is 30.0 Å². The Hall–Kier alpha value is -2.04. The third-order valence-electron chi connectivity index (χ3n) is 3.31. The molecular weight excluding hydrogens is 376 g/mol. The first-order chi connectivity index (χ1) is 12.2. The Morgan fingerprint density at radius 3 is 2.64 bits per heavy atom. The van der Waals surface area contributed by atoms with Crippen LogP contribution >= 0.6 is 34.4 Å². The summed E-state index contributed by atoms with van der Waals surface area (Å²) in [5, 5.41) is 22.9. The monoisotopic (exact) mass is 390 g/mol. The summed E-state index contributed by atoms with van der Waals surface area (Å²) in [6.45, 7) is 4.41. The number of hydrogen-bond donors (Lipinski definition) is 0. The predicted octanol–water partition coefficient (Wildman–Crippen LogP) is 3.53. The molecular formula is C15H14N6OS3. The van der Waals surface area contributed by atoms with Gasteiger partial charge in [0.2, 0.25) is 4.96 Å². The van der Waals surface area contributed by atoms with Crippen LogP contribution in [0.2, 0.25) is 0 Å². The van der Waals surface area contributed by atoms with E-state index >= 15 is 0 Å². The highest BCUT2D eigenvalue weighted by atomic mass is 32.2. The van der Waals surface area contributed by atoms with Crippen molar-refractivity contribution in [2.24, 2.45) is 0 Å². The number of aromatic nitrogens is 6. The molecule has 0 bridgehead atoms. The Labute approximate surface area is 156 Å². The molecule has 0 aliphatic rings. The summed E-state index contributed by atoms with van der Waals surface area (Å²) in [7, 11) is 0. The molecule has 0 amide bonds. The lowest BCUT2D eigenvalue weighted by atomic mass is 10.2. The Balaban J connectivity index is 1.43. The molecule has 7 nitrogen and oxygen atoms in total. The van der Waals surface area contributed by atoms with E-state index < -0.39 is 0 Å². The maximum Gasteiger partial charge on any atom is 0.234 e. The zero-order valence-electron chi connectivity index (χ0n) is 13.5. The van der Waals surface area contributed by atoms with Gasteiger partial charge < -0.3 is 4.74 Å². The average molecular weight is 391 g/mol. The van der Waals surface area contributed by atoms with Crippen LogP contribution in [-0.4, -0.2) is 30.0 Å². The van der Waals surface area contributed by atoms with Crippen molar-refractivity contribution in [3.05, 3.63) is 45.7 Å². The van der Waals surface area contributed by atoms with Crippen molar-refractivity contribution in [2.45, 2.75) is 30.5 Å². The third-order valence-corrected chi connectivity index (χ3v) is 6.15. The lowest BCUT2D eigenvalue weighted by Gasteiger charge is -2.03. The summed E-state index contributed by atoms with van der Waals surface area (Å²) in [5.74, 6) is 2.28. The van der Waals surface area contributed by atoms with Crippen molar-refractivity contribution >= 4 is 39.4 Å². The Bertz CT molecular complexity index is 990. The van der Waals surface area contributed by atoms with Crippen LogP contribution in [0.5, 0.6) is 5.75 Å². The average Bonchev–Trinajstić information content (AvgIpc) is 3.29. The number of benzene rings is 1. The molecule has 3 aromatic heterocycles. The first-order valence-corrected chi connectivity index (χ1v) is 10.1. The van der Waals surface area contributed by atoms with Gasteiger partial charge in [-0.15, -0.1) is 20.4 Å². The van der Waals surface area contributed by atoms with Gasteiger partial charge in [-0.1, -0.05) is 52.1 Å². The van der Waals surface area contributed by atoms with Crippen molar-refractivity contribution in [1.29, 1.82) is 0 Å². The van der Waals surface area contributed by atoms with E-state index in [0.29, 0.717) is 12.4 Å². The van der Waals surface area contributed by atoms with Gasteiger partial charge in [-0.25, -0.2) is 0 Å². The van der Waals surface area contributed by atoms with Crippen LogP contribution in [-0.2, 0) is 12.4 Å². The number of aryl methyl sites for hydroxylation is 2. The molecule has 10 heteroatoms. The second-order valence-electron chi connectivity index (χ2n) is 5.28. The Kier molecular flexibility index (Phi) is 4.64. The van der Waals surface area contributed by atoms with Crippen LogP contribution in [0.25, 0.3) is 4.96 Å². The minimum absolute atomic E-state index is 0.416. The van der Waals surface area contributed by atoms with Crippen LogP contribution in [0, 0.1) is 13.8 Å². The zero-order valence-corrected chi connectivity index (χ0v) is 16.0. The molecule has 0 saturated carbocycles. The maximum atomic E-state index is 5.78. The van der Waals surface area contributed by atoms with E-state index in [-0.39, 0.29) is 0 Å². The summed E-state index contributed by atoms with van der Waals surface area (Å²) < 4.78 is 8.48. The van der Waals surface area contributed by atoms with Crippen molar-refractivity contribution in [2.75, 3.05) is 0 Å². The van der Waals surface area contributed by atoms with E-state index in [0.717, 1.165) is 30.9 Å². The fraction of sp³-hybridized carbons (Fsp3) is 0.267. The largest absolute Gasteiger partial charge is 0.486 e. The molecule has 0 spiro atoms. The minimum atomic E-state index is 0.416. The van der Waals surface area contributed by atoms with Gasteiger partial charge in [-0.2, -0.15) is 9.61 Å². The lowest BCUT2D eigenvalue weighted by molar-refractivity contribution is 0.304. The number of rotatable bonds is 6. The van der Waals surface area contributed by atoms with Gasteiger partial charge in [0.05, 0.1) is 5.75 Å². The van der Waals surface area contributed by atoms with Crippen LogP contribution in [0.3, 0.4) is 0 Å². The van der Waals surface area contributed by atoms with Crippen LogP contribution in [0.4, 0.5) is 0 Å².